The lowest BCUT2D eigenvalue weighted by Crippen LogP contribution is -1.98. The Hall–Kier alpha value is -0.210. The lowest BCUT2D eigenvalue weighted by atomic mass is 10.2. The summed E-state index contributed by atoms with van der Waals surface area (Å²) in [7, 11) is 0. The van der Waals surface area contributed by atoms with Crippen molar-refractivity contribution in [3.05, 3.63) is 28.8 Å². The number of halogens is 2. The number of aryl methyl sites for hydroxylation is 1. The summed E-state index contributed by atoms with van der Waals surface area (Å²) in [5.41, 5.74) is 1.12. The van der Waals surface area contributed by atoms with Crippen LogP contribution in [0.25, 0.3) is 0 Å². The van der Waals surface area contributed by atoms with Gasteiger partial charge in [0.25, 0.3) is 0 Å². The molecule has 13 heavy (non-hydrogen) atoms. The van der Waals surface area contributed by atoms with E-state index in [1.54, 1.807) is 0 Å². The number of hydrogen-bond acceptors (Lipinski definition) is 1. The van der Waals surface area contributed by atoms with Crippen LogP contribution in [0.2, 0.25) is 5.02 Å². The predicted octanol–water partition coefficient (Wildman–Crippen LogP) is 3.81. The van der Waals surface area contributed by atoms with Crippen molar-refractivity contribution in [1.82, 2.24) is 0 Å². The lowest BCUT2D eigenvalue weighted by Gasteiger charge is -2.08. The van der Waals surface area contributed by atoms with Gasteiger partial charge in [0, 0.05) is 10.4 Å². The van der Waals surface area contributed by atoms with Crippen molar-refractivity contribution in [2.24, 2.45) is 0 Å². The molecule has 0 aliphatic carbocycles. The molecule has 1 aromatic rings. The average Bonchev–Trinajstić information content (AvgIpc) is 2.11. The Morgan fingerprint density at radius 1 is 1.46 bits per heavy atom. The van der Waals surface area contributed by atoms with Crippen LogP contribution in [0.3, 0.4) is 0 Å². The van der Waals surface area contributed by atoms with Gasteiger partial charge < -0.3 is 4.74 Å². The van der Waals surface area contributed by atoms with E-state index in [2.05, 4.69) is 15.9 Å². The van der Waals surface area contributed by atoms with Gasteiger partial charge in [-0.3, -0.25) is 0 Å². The van der Waals surface area contributed by atoms with Crippen molar-refractivity contribution in [1.29, 1.82) is 0 Å². The fourth-order valence-corrected chi connectivity index (χ4v) is 1.36. The van der Waals surface area contributed by atoms with E-state index < -0.39 is 0 Å². The molecule has 0 aliphatic heterocycles. The van der Waals surface area contributed by atoms with Crippen molar-refractivity contribution in [2.75, 3.05) is 11.9 Å². The van der Waals surface area contributed by atoms with Gasteiger partial charge in [0.1, 0.15) is 5.75 Å². The van der Waals surface area contributed by atoms with Gasteiger partial charge in [0.05, 0.1) is 6.61 Å². The van der Waals surface area contributed by atoms with E-state index in [1.165, 1.54) is 0 Å². The second-order valence-electron chi connectivity index (χ2n) is 2.80. The van der Waals surface area contributed by atoms with Crippen molar-refractivity contribution in [3.63, 3.8) is 0 Å². The number of hydrogen-bond donors (Lipinski definition) is 0. The van der Waals surface area contributed by atoms with Crippen LogP contribution in [0, 0.1) is 6.92 Å². The fraction of sp³-hybridized carbons (Fsp3) is 0.400. The van der Waals surface area contributed by atoms with Crippen LogP contribution >= 0.6 is 27.5 Å². The maximum absolute atomic E-state index is 5.84. The largest absolute Gasteiger partial charge is 0.493 e. The topological polar surface area (TPSA) is 9.23 Å². The minimum absolute atomic E-state index is 0.722. The van der Waals surface area contributed by atoms with E-state index in [1.807, 2.05) is 25.1 Å². The Balaban J connectivity index is 2.59. The lowest BCUT2D eigenvalue weighted by molar-refractivity contribution is 0.317. The van der Waals surface area contributed by atoms with Crippen LogP contribution in [-0.4, -0.2) is 11.9 Å². The Kier molecular flexibility index (Phi) is 4.60. The molecule has 0 aliphatic rings. The molecule has 0 N–H and O–H groups in total. The van der Waals surface area contributed by atoms with E-state index in [9.17, 15) is 0 Å². The first-order valence-electron chi connectivity index (χ1n) is 4.19. The van der Waals surface area contributed by atoms with E-state index in [4.69, 9.17) is 16.3 Å². The molecular formula is C10H12BrClO. The maximum atomic E-state index is 5.84. The van der Waals surface area contributed by atoms with Crippen LogP contribution in [0.1, 0.15) is 12.0 Å². The zero-order chi connectivity index (χ0) is 9.68. The molecule has 0 fully saturated rings. The normalized spacial score (nSPS) is 10.1. The molecule has 0 heterocycles. The minimum atomic E-state index is 0.722. The summed E-state index contributed by atoms with van der Waals surface area (Å²) >= 11 is 9.19. The molecule has 72 valence electrons. The first kappa shape index (κ1) is 10.9. The summed E-state index contributed by atoms with van der Waals surface area (Å²) in [6, 6.07) is 5.69. The van der Waals surface area contributed by atoms with Crippen LogP contribution in [-0.2, 0) is 0 Å². The second kappa shape index (κ2) is 5.51. The monoisotopic (exact) mass is 262 g/mol. The molecule has 0 amide bonds. The van der Waals surface area contributed by atoms with Crippen LogP contribution in [0.5, 0.6) is 5.75 Å². The highest BCUT2D eigenvalue weighted by Gasteiger charge is 1.99. The highest BCUT2D eigenvalue weighted by molar-refractivity contribution is 9.09. The van der Waals surface area contributed by atoms with Gasteiger partial charge in [-0.1, -0.05) is 33.6 Å². The highest BCUT2D eigenvalue weighted by Crippen LogP contribution is 2.22. The molecule has 0 spiro atoms. The molecule has 0 bridgehead atoms. The smallest absolute Gasteiger partial charge is 0.123 e. The fourth-order valence-electron chi connectivity index (χ4n) is 0.966. The molecule has 0 atom stereocenters. The Morgan fingerprint density at radius 3 is 2.92 bits per heavy atom. The summed E-state index contributed by atoms with van der Waals surface area (Å²) in [5, 5.41) is 1.69. The summed E-state index contributed by atoms with van der Waals surface area (Å²) in [6.07, 6.45) is 1.01. The molecule has 0 saturated heterocycles. The zero-order valence-corrected chi connectivity index (χ0v) is 9.86. The maximum Gasteiger partial charge on any atom is 0.123 e. The third-order valence-electron chi connectivity index (χ3n) is 1.69. The molecule has 1 aromatic carbocycles. The average molecular weight is 264 g/mol. The van der Waals surface area contributed by atoms with Crippen LogP contribution < -0.4 is 4.74 Å². The summed E-state index contributed by atoms with van der Waals surface area (Å²) < 4.78 is 5.54. The molecular weight excluding hydrogens is 251 g/mol. The van der Waals surface area contributed by atoms with Gasteiger partial charge in [-0.15, -0.1) is 0 Å². The van der Waals surface area contributed by atoms with Gasteiger partial charge in [-0.25, -0.2) is 0 Å². The van der Waals surface area contributed by atoms with Crippen LogP contribution in [0.15, 0.2) is 18.2 Å². The van der Waals surface area contributed by atoms with Crippen molar-refractivity contribution in [3.8, 4) is 5.75 Å². The minimum Gasteiger partial charge on any atom is -0.493 e. The summed E-state index contributed by atoms with van der Waals surface area (Å²) in [5.74, 6) is 0.883. The third kappa shape index (κ3) is 3.57. The van der Waals surface area contributed by atoms with Gasteiger partial charge in [-0.05, 0) is 31.0 Å². The second-order valence-corrected chi connectivity index (χ2v) is 4.03. The predicted molar refractivity (Wildman–Crippen MR) is 60.1 cm³/mol. The molecule has 0 saturated carbocycles. The zero-order valence-electron chi connectivity index (χ0n) is 7.52. The Bertz CT molecular complexity index is 276. The summed E-state index contributed by atoms with van der Waals surface area (Å²) in [4.78, 5) is 0. The van der Waals surface area contributed by atoms with Gasteiger partial charge in [0.15, 0.2) is 0 Å². The van der Waals surface area contributed by atoms with Gasteiger partial charge in [-0.2, -0.15) is 0 Å². The molecule has 0 unspecified atom stereocenters. The van der Waals surface area contributed by atoms with E-state index in [-0.39, 0.29) is 0 Å². The van der Waals surface area contributed by atoms with Crippen molar-refractivity contribution in [2.45, 2.75) is 13.3 Å². The number of benzene rings is 1. The molecule has 1 nitrogen and oxygen atoms in total. The molecule has 1 rings (SSSR count). The van der Waals surface area contributed by atoms with Gasteiger partial charge in [0.2, 0.25) is 0 Å². The Labute approximate surface area is 92.2 Å². The number of rotatable bonds is 4. The molecule has 0 radical (unpaired) electrons. The quantitative estimate of drug-likeness (QED) is 0.593. The first-order chi connectivity index (χ1) is 6.24. The van der Waals surface area contributed by atoms with Crippen molar-refractivity contribution < 1.29 is 4.74 Å². The number of ether oxygens (including phenoxy) is 1. The standard InChI is InChI=1S/C10H12BrClO/c1-8-3-4-9(12)7-10(8)13-6-2-5-11/h3-4,7H,2,5-6H2,1H3. The van der Waals surface area contributed by atoms with Crippen molar-refractivity contribution >= 4 is 27.5 Å². The van der Waals surface area contributed by atoms with E-state index >= 15 is 0 Å². The number of alkyl halides is 1. The van der Waals surface area contributed by atoms with Gasteiger partial charge >= 0.3 is 0 Å². The first-order valence-corrected chi connectivity index (χ1v) is 5.69. The van der Waals surface area contributed by atoms with E-state index in [0.717, 1.165) is 34.7 Å². The SMILES string of the molecule is Cc1ccc(Cl)cc1OCCCBr. The summed E-state index contributed by atoms with van der Waals surface area (Å²) in [6.45, 7) is 2.74. The third-order valence-corrected chi connectivity index (χ3v) is 2.48. The van der Waals surface area contributed by atoms with E-state index in [0.29, 0.717) is 0 Å². The van der Waals surface area contributed by atoms with Crippen LogP contribution in [0.4, 0.5) is 0 Å². The molecule has 0 aromatic heterocycles. The highest BCUT2D eigenvalue weighted by atomic mass is 79.9. The molecule has 3 heteroatoms. The Morgan fingerprint density at radius 2 is 2.23 bits per heavy atom.